The van der Waals surface area contributed by atoms with Crippen LogP contribution in [-0.4, -0.2) is 17.9 Å². The smallest absolute Gasteiger partial charge is 0.223 e. The molecule has 0 aliphatic carbocycles. The van der Waals surface area contributed by atoms with E-state index in [9.17, 15) is 4.79 Å². The van der Waals surface area contributed by atoms with Gasteiger partial charge in [0.15, 0.2) is 0 Å². The van der Waals surface area contributed by atoms with Gasteiger partial charge in [0.05, 0.1) is 0 Å². The van der Waals surface area contributed by atoms with Crippen molar-refractivity contribution in [3.05, 3.63) is 11.8 Å². The molecular formula is C8H15NO. The minimum Gasteiger partial charge on any atom is -0.322 e. The maximum Gasteiger partial charge on any atom is 0.223 e. The Bertz CT molecular complexity index is 149. The molecule has 0 aromatic carbocycles. The van der Waals surface area contributed by atoms with Crippen LogP contribution >= 0.6 is 0 Å². The lowest BCUT2D eigenvalue weighted by Crippen LogP contribution is -2.17. The van der Waals surface area contributed by atoms with Crippen molar-refractivity contribution in [3.8, 4) is 0 Å². The van der Waals surface area contributed by atoms with Gasteiger partial charge in [-0.2, -0.15) is 0 Å². The minimum atomic E-state index is 0.0767. The molecule has 0 saturated heterocycles. The Kier molecular flexibility index (Phi) is 3.77. The van der Waals surface area contributed by atoms with Crippen LogP contribution in [-0.2, 0) is 4.79 Å². The van der Waals surface area contributed by atoms with Gasteiger partial charge in [-0.1, -0.05) is 12.5 Å². The first-order valence-corrected chi connectivity index (χ1v) is 3.48. The van der Waals surface area contributed by atoms with Gasteiger partial charge in [-0.15, -0.1) is 0 Å². The molecule has 0 N–H and O–H groups in total. The maximum atomic E-state index is 10.7. The first-order chi connectivity index (χ1) is 4.57. The van der Waals surface area contributed by atoms with Gasteiger partial charge < -0.3 is 4.90 Å². The number of hydrogen-bond acceptors (Lipinski definition) is 1. The first kappa shape index (κ1) is 9.21. The molecule has 0 aliphatic heterocycles. The quantitative estimate of drug-likeness (QED) is 0.574. The molecule has 10 heavy (non-hydrogen) atoms. The zero-order valence-corrected chi connectivity index (χ0v) is 7.14. The molecule has 0 radical (unpaired) electrons. The largest absolute Gasteiger partial charge is 0.322 e. The van der Waals surface area contributed by atoms with Gasteiger partial charge in [-0.3, -0.25) is 4.79 Å². The van der Waals surface area contributed by atoms with E-state index >= 15 is 0 Å². The Hall–Kier alpha value is -0.790. The summed E-state index contributed by atoms with van der Waals surface area (Å²) in [5.74, 6) is 0.0767. The molecule has 0 aromatic heterocycles. The Labute approximate surface area is 62.5 Å². The zero-order valence-electron chi connectivity index (χ0n) is 7.14. The molecule has 0 rings (SSSR count). The molecule has 0 aromatic rings. The monoisotopic (exact) mass is 141 g/mol. The lowest BCUT2D eigenvalue weighted by atomic mass is 10.2. The summed E-state index contributed by atoms with van der Waals surface area (Å²) < 4.78 is 0. The molecule has 2 heteroatoms. The molecule has 2 nitrogen and oxygen atoms in total. The Balaban J connectivity index is 3.99. The van der Waals surface area contributed by atoms with Crippen LogP contribution in [0.1, 0.15) is 27.2 Å². The number of carbonyl (C=O) groups excluding carboxylic acids is 1. The number of nitrogens with zero attached hydrogens (tertiary/aromatic N) is 1. The predicted octanol–water partition coefficient (Wildman–Crippen LogP) is 1.78. The van der Waals surface area contributed by atoms with Crippen LogP contribution in [0.2, 0.25) is 0 Å². The molecule has 0 spiro atoms. The summed E-state index contributed by atoms with van der Waals surface area (Å²) in [6.45, 7) is 5.64. The average molecular weight is 141 g/mol. The van der Waals surface area contributed by atoms with Gasteiger partial charge >= 0.3 is 0 Å². The summed E-state index contributed by atoms with van der Waals surface area (Å²) in [5.41, 5.74) is 1.22. The van der Waals surface area contributed by atoms with Gasteiger partial charge in [0.2, 0.25) is 5.91 Å². The molecule has 0 aliphatic rings. The summed E-state index contributed by atoms with van der Waals surface area (Å²) in [5, 5.41) is 0. The highest BCUT2D eigenvalue weighted by Gasteiger charge is 1.96. The number of rotatable bonds is 2. The van der Waals surface area contributed by atoms with Gasteiger partial charge in [0.1, 0.15) is 0 Å². The van der Waals surface area contributed by atoms with E-state index in [-0.39, 0.29) is 5.91 Å². The normalized spacial score (nSPS) is 11.4. The standard InChI is InChI=1S/C8H15NO/c1-5-7(2)6-9(4)8(3)10/h6H,5H2,1-4H3/b7-6-. The van der Waals surface area contributed by atoms with Crippen LogP contribution in [0, 0.1) is 0 Å². The minimum absolute atomic E-state index is 0.0767. The highest BCUT2D eigenvalue weighted by atomic mass is 16.2. The molecule has 0 unspecified atom stereocenters. The predicted molar refractivity (Wildman–Crippen MR) is 42.5 cm³/mol. The van der Waals surface area contributed by atoms with Crippen molar-refractivity contribution in [2.24, 2.45) is 0 Å². The third-order valence-corrected chi connectivity index (χ3v) is 1.47. The third kappa shape index (κ3) is 3.28. The molecule has 0 heterocycles. The van der Waals surface area contributed by atoms with E-state index in [0.29, 0.717) is 0 Å². The van der Waals surface area contributed by atoms with Gasteiger partial charge in [-0.05, 0) is 13.3 Å². The fourth-order valence-corrected chi connectivity index (χ4v) is 0.513. The van der Waals surface area contributed by atoms with Crippen molar-refractivity contribution >= 4 is 5.91 Å². The van der Waals surface area contributed by atoms with Gasteiger partial charge in [0, 0.05) is 20.2 Å². The summed E-state index contributed by atoms with van der Waals surface area (Å²) in [7, 11) is 1.77. The van der Waals surface area contributed by atoms with Crippen LogP contribution in [0.3, 0.4) is 0 Å². The van der Waals surface area contributed by atoms with Gasteiger partial charge in [0.25, 0.3) is 0 Å². The Morgan fingerprint density at radius 3 is 2.30 bits per heavy atom. The van der Waals surface area contributed by atoms with Gasteiger partial charge in [-0.25, -0.2) is 0 Å². The van der Waals surface area contributed by atoms with Crippen molar-refractivity contribution in [1.82, 2.24) is 4.90 Å². The van der Waals surface area contributed by atoms with Crippen LogP contribution < -0.4 is 0 Å². The van der Waals surface area contributed by atoms with Crippen molar-refractivity contribution in [2.75, 3.05) is 7.05 Å². The van der Waals surface area contributed by atoms with E-state index in [0.717, 1.165) is 6.42 Å². The Morgan fingerprint density at radius 1 is 1.50 bits per heavy atom. The van der Waals surface area contributed by atoms with Crippen LogP contribution in [0.5, 0.6) is 0 Å². The summed E-state index contributed by atoms with van der Waals surface area (Å²) in [6, 6.07) is 0. The third-order valence-electron chi connectivity index (χ3n) is 1.47. The van der Waals surface area contributed by atoms with E-state index < -0.39 is 0 Å². The summed E-state index contributed by atoms with van der Waals surface area (Å²) >= 11 is 0. The average Bonchev–Trinajstić information content (AvgIpc) is 1.87. The zero-order chi connectivity index (χ0) is 8.15. The molecule has 58 valence electrons. The molecule has 0 fully saturated rings. The fraction of sp³-hybridized carbons (Fsp3) is 0.625. The molecule has 0 atom stereocenters. The lowest BCUT2D eigenvalue weighted by Gasteiger charge is -2.09. The highest BCUT2D eigenvalue weighted by Crippen LogP contribution is 1.99. The van der Waals surface area contributed by atoms with Crippen molar-refractivity contribution < 1.29 is 4.79 Å². The molecular weight excluding hydrogens is 126 g/mol. The topological polar surface area (TPSA) is 20.3 Å². The second kappa shape index (κ2) is 4.09. The van der Waals surface area contributed by atoms with E-state index in [1.807, 2.05) is 13.1 Å². The fourth-order valence-electron chi connectivity index (χ4n) is 0.513. The van der Waals surface area contributed by atoms with E-state index in [1.54, 1.807) is 18.9 Å². The van der Waals surface area contributed by atoms with Crippen LogP contribution in [0.4, 0.5) is 0 Å². The van der Waals surface area contributed by atoms with Crippen LogP contribution in [0.25, 0.3) is 0 Å². The van der Waals surface area contributed by atoms with Crippen molar-refractivity contribution in [1.29, 1.82) is 0 Å². The number of hydrogen-bond donors (Lipinski definition) is 0. The number of amides is 1. The summed E-state index contributed by atoms with van der Waals surface area (Å²) in [4.78, 5) is 12.3. The van der Waals surface area contributed by atoms with Crippen LogP contribution in [0.15, 0.2) is 11.8 Å². The molecule has 0 saturated carbocycles. The second-order valence-corrected chi connectivity index (χ2v) is 2.46. The second-order valence-electron chi connectivity index (χ2n) is 2.46. The summed E-state index contributed by atoms with van der Waals surface area (Å²) in [6.07, 6.45) is 2.86. The first-order valence-electron chi connectivity index (χ1n) is 3.48. The Morgan fingerprint density at radius 2 is 2.00 bits per heavy atom. The van der Waals surface area contributed by atoms with Crippen molar-refractivity contribution in [3.63, 3.8) is 0 Å². The van der Waals surface area contributed by atoms with E-state index in [4.69, 9.17) is 0 Å². The number of allylic oxidation sites excluding steroid dienone is 1. The molecule has 0 bridgehead atoms. The van der Waals surface area contributed by atoms with E-state index in [1.165, 1.54) is 5.57 Å². The van der Waals surface area contributed by atoms with E-state index in [2.05, 4.69) is 6.92 Å². The number of carbonyl (C=O) groups is 1. The lowest BCUT2D eigenvalue weighted by molar-refractivity contribution is -0.125. The molecule has 1 amide bonds. The maximum absolute atomic E-state index is 10.7. The highest BCUT2D eigenvalue weighted by molar-refractivity contribution is 5.73. The SMILES string of the molecule is CC/C(C)=C\N(C)C(C)=O. The van der Waals surface area contributed by atoms with Crippen molar-refractivity contribution in [2.45, 2.75) is 27.2 Å².